The number of nitrogens with one attached hydrogen (secondary N) is 1. The van der Waals surface area contributed by atoms with E-state index in [1.807, 2.05) is 31.2 Å². The molecule has 0 saturated heterocycles. The number of nitrogen functional groups attached to an aromatic ring is 1. The van der Waals surface area contributed by atoms with Crippen LogP contribution in [0.15, 0.2) is 46.0 Å². The van der Waals surface area contributed by atoms with Crippen LogP contribution >= 0.6 is 27.3 Å². The Kier molecular flexibility index (Phi) is 8.40. The van der Waals surface area contributed by atoms with Crippen molar-refractivity contribution >= 4 is 44.5 Å². The lowest BCUT2D eigenvalue weighted by Crippen LogP contribution is -2.19. The molecule has 1 amide bonds. The molecular weight excluding hydrogens is 498 g/mol. The van der Waals surface area contributed by atoms with E-state index in [9.17, 15) is 4.79 Å². The Labute approximate surface area is 197 Å². The zero-order chi connectivity index (χ0) is 22.9. The third-order valence-corrected chi connectivity index (χ3v) is 5.38. The quantitative estimate of drug-likeness (QED) is 0.239. The topological polar surface area (TPSA) is 121 Å². The minimum Gasteiger partial charge on any atom is -0.493 e. The number of ether oxygens (including phenoxy) is 3. The van der Waals surface area contributed by atoms with E-state index in [0.717, 1.165) is 22.6 Å². The summed E-state index contributed by atoms with van der Waals surface area (Å²) in [5.41, 5.74) is 9.79. The first kappa shape index (κ1) is 23.5. The van der Waals surface area contributed by atoms with E-state index in [2.05, 4.69) is 36.7 Å². The second-order valence-electron chi connectivity index (χ2n) is 6.55. The number of anilines is 1. The van der Waals surface area contributed by atoms with Crippen LogP contribution in [0.2, 0.25) is 0 Å². The molecule has 0 radical (unpaired) electrons. The molecule has 0 aliphatic carbocycles. The van der Waals surface area contributed by atoms with E-state index in [1.165, 1.54) is 6.21 Å². The molecule has 0 aliphatic rings. The summed E-state index contributed by atoms with van der Waals surface area (Å²) in [6.45, 7) is 2.73. The molecule has 11 heteroatoms. The highest BCUT2D eigenvalue weighted by atomic mass is 79.9. The lowest BCUT2D eigenvalue weighted by Gasteiger charge is -2.14. The monoisotopic (exact) mass is 519 g/mol. The highest BCUT2D eigenvalue weighted by molar-refractivity contribution is 9.10. The highest BCUT2D eigenvalue weighted by Gasteiger charge is 2.12. The van der Waals surface area contributed by atoms with Crippen LogP contribution in [0.25, 0.3) is 0 Å². The van der Waals surface area contributed by atoms with Gasteiger partial charge in [0.05, 0.1) is 24.2 Å². The van der Waals surface area contributed by atoms with Gasteiger partial charge in [0.1, 0.15) is 24.0 Å². The average Bonchev–Trinajstić information content (AvgIpc) is 3.16. The van der Waals surface area contributed by atoms with Gasteiger partial charge in [-0.2, -0.15) is 5.10 Å². The van der Waals surface area contributed by atoms with E-state index in [4.69, 9.17) is 19.9 Å². The largest absolute Gasteiger partial charge is 0.493 e. The van der Waals surface area contributed by atoms with E-state index < -0.39 is 0 Å². The summed E-state index contributed by atoms with van der Waals surface area (Å²) in [5.74, 6) is 1.54. The SMILES string of the molecule is COc1cc(/C=N\NC(=O)Cc2nnc(N)s2)cc(Br)c1OCCOc1cccc(C)c1. The van der Waals surface area contributed by atoms with Crippen molar-refractivity contribution in [1.82, 2.24) is 15.6 Å². The molecular formula is C21H22BrN5O4S. The van der Waals surface area contributed by atoms with Gasteiger partial charge in [0, 0.05) is 0 Å². The normalized spacial score (nSPS) is 10.8. The molecule has 0 fully saturated rings. The molecule has 2 aromatic carbocycles. The second kappa shape index (κ2) is 11.4. The molecule has 3 aromatic rings. The fraction of sp³-hybridized carbons (Fsp3) is 0.238. The first-order valence-corrected chi connectivity index (χ1v) is 11.1. The molecule has 3 rings (SSSR count). The van der Waals surface area contributed by atoms with E-state index >= 15 is 0 Å². The van der Waals surface area contributed by atoms with Crippen molar-refractivity contribution in [3.63, 3.8) is 0 Å². The maximum Gasteiger partial charge on any atom is 0.247 e. The number of rotatable bonds is 10. The number of carbonyl (C=O) groups is 1. The first-order chi connectivity index (χ1) is 15.4. The molecule has 1 heterocycles. The Morgan fingerprint density at radius 2 is 2.06 bits per heavy atom. The summed E-state index contributed by atoms with van der Waals surface area (Å²) >= 11 is 4.65. The van der Waals surface area contributed by atoms with Crippen LogP contribution < -0.4 is 25.4 Å². The zero-order valence-electron chi connectivity index (χ0n) is 17.5. The van der Waals surface area contributed by atoms with E-state index in [-0.39, 0.29) is 12.3 Å². The van der Waals surface area contributed by atoms with Crippen LogP contribution in [0.4, 0.5) is 5.13 Å². The Hall–Kier alpha value is -3.18. The van der Waals surface area contributed by atoms with Gasteiger partial charge in [0.2, 0.25) is 11.0 Å². The maximum absolute atomic E-state index is 11.9. The standard InChI is InChI=1S/C21H22BrN5O4S/c1-13-4-3-5-15(8-13)30-6-7-31-20-16(22)9-14(10-17(20)29-2)12-24-25-18(28)11-19-26-27-21(23)32-19/h3-5,8-10,12H,6-7,11H2,1-2H3,(H2,23,27)(H,25,28)/b24-12-. The van der Waals surface area contributed by atoms with Gasteiger partial charge in [-0.3, -0.25) is 4.79 Å². The summed E-state index contributed by atoms with van der Waals surface area (Å²) in [7, 11) is 1.55. The molecule has 168 valence electrons. The van der Waals surface area contributed by atoms with Gasteiger partial charge in [-0.05, 0) is 58.2 Å². The number of hydrazone groups is 1. The summed E-state index contributed by atoms with van der Waals surface area (Å²) in [4.78, 5) is 11.9. The lowest BCUT2D eigenvalue weighted by molar-refractivity contribution is -0.120. The fourth-order valence-electron chi connectivity index (χ4n) is 2.66. The molecule has 0 saturated carbocycles. The van der Waals surface area contributed by atoms with Gasteiger partial charge in [-0.1, -0.05) is 23.5 Å². The molecule has 0 unspecified atom stereocenters. The number of methoxy groups -OCH3 is 1. The van der Waals surface area contributed by atoms with Crippen LogP contribution in [-0.2, 0) is 11.2 Å². The van der Waals surface area contributed by atoms with Gasteiger partial charge < -0.3 is 19.9 Å². The van der Waals surface area contributed by atoms with Crippen LogP contribution in [0.3, 0.4) is 0 Å². The van der Waals surface area contributed by atoms with E-state index in [0.29, 0.717) is 44.9 Å². The number of hydrogen-bond acceptors (Lipinski definition) is 9. The average molecular weight is 520 g/mol. The number of benzene rings is 2. The minimum absolute atomic E-state index is 0.0522. The molecule has 3 N–H and O–H groups in total. The zero-order valence-corrected chi connectivity index (χ0v) is 19.9. The summed E-state index contributed by atoms with van der Waals surface area (Å²) in [6.07, 6.45) is 1.56. The number of halogens is 1. The Bertz CT molecular complexity index is 1110. The van der Waals surface area contributed by atoms with Gasteiger partial charge in [0.25, 0.3) is 0 Å². The maximum atomic E-state index is 11.9. The number of nitrogens with zero attached hydrogens (tertiary/aromatic N) is 3. The van der Waals surface area contributed by atoms with Crippen molar-refractivity contribution in [1.29, 1.82) is 0 Å². The van der Waals surface area contributed by atoms with Gasteiger partial charge >= 0.3 is 0 Å². The number of carbonyl (C=O) groups excluding carboxylic acids is 1. The predicted octanol–water partition coefficient (Wildman–Crippen LogP) is 3.35. The first-order valence-electron chi connectivity index (χ1n) is 9.54. The van der Waals surface area contributed by atoms with Gasteiger partial charge in [-0.25, -0.2) is 5.43 Å². The Morgan fingerprint density at radius 1 is 1.25 bits per heavy atom. The van der Waals surface area contributed by atoms with Crippen molar-refractivity contribution in [2.24, 2.45) is 5.10 Å². The lowest BCUT2D eigenvalue weighted by atomic mass is 10.2. The molecule has 0 bridgehead atoms. The summed E-state index contributed by atoms with van der Waals surface area (Å²) in [6, 6.07) is 11.4. The highest BCUT2D eigenvalue weighted by Crippen LogP contribution is 2.36. The number of nitrogens with two attached hydrogens (primary N) is 1. The smallest absolute Gasteiger partial charge is 0.247 e. The summed E-state index contributed by atoms with van der Waals surface area (Å²) in [5, 5.41) is 12.3. The number of aromatic nitrogens is 2. The van der Waals surface area contributed by atoms with Crippen molar-refractivity contribution in [2.45, 2.75) is 13.3 Å². The second-order valence-corrected chi connectivity index (χ2v) is 8.50. The predicted molar refractivity (Wildman–Crippen MR) is 127 cm³/mol. The van der Waals surface area contributed by atoms with Crippen molar-refractivity contribution in [2.75, 3.05) is 26.1 Å². The Morgan fingerprint density at radius 3 is 2.78 bits per heavy atom. The third kappa shape index (κ3) is 6.92. The molecule has 1 aromatic heterocycles. The van der Waals surface area contributed by atoms with Crippen molar-refractivity contribution in [3.8, 4) is 17.2 Å². The van der Waals surface area contributed by atoms with Crippen LogP contribution in [0.1, 0.15) is 16.1 Å². The van der Waals surface area contributed by atoms with Crippen LogP contribution in [0, 0.1) is 6.92 Å². The van der Waals surface area contributed by atoms with Crippen LogP contribution in [0.5, 0.6) is 17.2 Å². The molecule has 9 nitrogen and oxygen atoms in total. The number of amides is 1. The number of hydrogen-bond donors (Lipinski definition) is 2. The molecule has 32 heavy (non-hydrogen) atoms. The molecule has 0 atom stereocenters. The number of aryl methyl sites for hydroxylation is 1. The minimum atomic E-state index is -0.322. The third-order valence-electron chi connectivity index (χ3n) is 4.04. The molecule has 0 spiro atoms. The Balaban J connectivity index is 1.54. The molecule has 0 aliphatic heterocycles. The van der Waals surface area contributed by atoms with Gasteiger partial charge in [-0.15, -0.1) is 10.2 Å². The summed E-state index contributed by atoms with van der Waals surface area (Å²) < 4.78 is 17.7. The van der Waals surface area contributed by atoms with Gasteiger partial charge in [0.15, 0.2) is 11.5 Å². The van der Waals surface area contributed by atoms with Crippen molar-refractivity contribution < 1.29 is 19.0 Å². The fourth-order valence-corrected chi connectivity index (χ4v) is 3.84. The van der Waals surface area contributed by atoms with Crippen molar-refractivity contribution in [3.05, 3.63) is 57.0 Å². The van der Waals surface area contributed by atoms with E-state index in [1.54, 1.807) is 19.2 Å². The van der Waals surface area contributed by atoms with Crippen LogP contribution in [-0.4, -0.2) is 42.6 Å².